The van der Waals surface area contributed by atoms with Crippen LogP contribution in [0.5, 0.6) is 5.75 Å². The lowest BCUT2D eigenvalue weighted by atomic mass is 9.95. The van der Waals surface area contributed by atoms with Crippen LogP contribution in [0.4, 0.5) is 5.95 Å². The highest BCUT2D eigenvalue weighted by Gasteiger charge is 2.29. The Morgan fingerprint density at radius 1 is 1.04 bits per heavy atom. The third kappa shape index (κ3) is 2.27. The number of fused-ring (bicyclic) bond motifs is 4. The molecule has 0 fully saturated rings. The summed E-state index contributed by atoms with van der Waals surface area (Å²) in [5.41, 5.74) is 2.30. The number of carbonyl (C=O) groups is 1. The van der Waals surface area contributed by atoms with Gasteiger partial charge in [0.15, 0.2) is 0 Å². The van der Waals surface area contributed by atoms with Crippen LogP contribution in [0.2, 0.25) is 0 Å². The maximum absolute atomic E-state index is 11.7. The first-order chi connectivity index (χ1) is 13.1. The van der Waals surface area contributed by atoms with Crippen LogP contribution in [0, 0.1) is 0 Å². The maximum Gasteiger partial charge on any atom is 0.352 e. The first kappa shape index (κ1) is 15.5. The number of nitrogens with zero attached hydrogens (tertiary/aromatic N) is 2. The lowest BCUT2D eigenvalue weighted by molar-refractivity contribution is -0.132. The smallest absolute Gasteiger partial charge is 0.352 e. The van der Waals surface area contributed by atoms with Crippen molar-refractivity contribution in [2.24, 2.45) is 0 Å². The molecule has 0 radical (unpaired) electrons. The number of phenolic OH excluding ortho intramolecular Hbond substituents is 1. The van der Waals surface area contributed by atoms with Crippen LogP contribution in [-0.4, -0.2) is 25.7 Å². The number of phenols is 1. The van der Waals surface area contributed by atoms with E-state index in [2.05, 4.69) is 10.3 Å². The van der Waals surface area contributed by atoms with Crippen LogP contribution in [0.1, 0.15) is 11.6 Å². The summed E-state index contributed by atoms with van der Waals surface area (Å²) in [5, 5.41) is 25.0. The number of rotatable bonds is 2. The highest BCUT2D eigenvalue weighted by atomic mass is 16.4. The summed E-state index contributed by atoms with van der Waals surface area (Å²) in [4.78, 5) is 16.2. The number of carboxylic acid groups (broad SMARTS) is 1. The largest absolute Gasteiger partial charge is 0.508 e. The van der Waals surface area contributed by atoms with Gasteiger partial charge in [-0.2, -0.15) is 0 Å². The van der Waals surface area contributed by atoms with Crippen LogP contribution in [0.15, 0.2) is 72.4 Å². The van der Waals surface area contributed by atoms with Crippen molar-refractivity contribution in [2.45, 2.75) is 6.04 Å². The second kappa shape index (κ2) is 5.60. The molecule has 0 amide bonds. The number of benzene rings is 3. The van der Waals surface area contributed by atoms with Gasteiger partial charge >= 0.3 is 5.97 Å². The minimum atomic E-state index is -1.07. The first-order valence-corrected chi connectivity index (χ1v) is 8.53. The van der Waals surface area contributed by atoms with Crippen molar-refractivity contribution in [1.82, 2.24) is 9.55 Å². The van der Waals surface area contributed by atoms with Gasteiger partial charge in [0, 0.05) is 5.56 Å². The topological polar surface area (TPSA) is 87.4 Å². The molecule has 1 unspecified atom stereocenters. The lowest BCUT2D eigenvalue weighted by Gasteiger charge is -2.26. The third-order valence-corrected chi connectivity index (χ3v) is 4.92. The molecule has 0 saturated heterocycles. The van der Waals surface area contributed by atoms with Crippen LogP contribution in [-0.2, 0) is 4.79 Å². The van der Waals surface area contributed by atoms with Gasteiger partial charge < -0.3 is 15.5 Å². The predicted molar refractivity (Wildman–Crippen MR) is 103 cm³/mol. The predicted octanol–water partition coefficient (Wildman–Crippen LogP) is 3.88. The van der Waals surface area contributed by atoms with E-state index < -0.39 is 12.0 Å². The molecule has 6 nitrogen and oxygen atoms in total. The van der Waals surface area contributed by atoms with E-state index >= 15 is 0 Å². The van der Waals surface area contributed by atoms with E-state index in [1.165, 1.54) is 0 Å². The number of aromatic hydroxyl groups is 1. The van der Waals surface area contributed by atoms with Crippen molar-refractivity contribution in [3.8, 4) is 5.75 Å². The summed E-state index contributed by atoms with van der Waals surface area (Å²) in [6.07, 6.45) is 1.62. The highest BCUT2D eigenvalue weighted by Crippen LogP contribution is 2.41. The average molecular weight is 357 g/mol. The molecule has 1 atom stereocenters. The normalized spacial score (nSPS) is 16.0. The van der Waals surface area contributed by atoms with E-state index in [0.29, 0.717) is 11.5 Å². The lowest BCUT2D eigenvalue weighted by Crippen LogP contribution is -2.23. The Bertz CT molecular complexity index is 1260. The van der Waals surface area contributed by atoms with Gasteiger partial charge in [-0.3, -0.25) is 4.57 Å². The Morgan fingerprint density at radius 2 is 1.81 bits per heavy atom. The number of hydrogen-bond donors (Lipinski definition) is 3. The number of anilines is 1. The van der Waals surface area contributed by atoms with E-state index in [4.69, 9.17) is 0 Å². The average Bonchev–Trinajstić information content (AvgIpc) is 3.06. The van der Waals surface area contributed by atoms with Crippen molar-refractivity contribution >= 4 is 33.7 Å². The number of carboxylic acids is 1. The molecule has 1 aromatic heterocycles. The third-order valence-electron chi connectivity index (χ3n) is 4.92. The fourth-order valence-electron chi connectivity index (χ4n) is 3.74. The monoisotopic (exact) mass is 357 g/mol. The molecule has 4 aromatic rings. The highest BCUT2D eigenvalue weighted by molar-refractivity contribution is 5.94. The minimum absolute atomic E-state index is 0.0372. The number of para-hydroxylation sites is 2. The Hall–Kier alpha value is -3.80. The Balaban J connectivity index is 1.87. The number of allylic oxidation sites excluding steroid dienone is 1. The molecular formula is C21H15N3O3. The molecule has 0 aliphatic carbocycles. The zero-order chi connectivity index (χ0) is 18.5. The second-order valence-electron chi connectivity index (χ2n) is 6.47. The van der Waals surface area contributed by atoms with Crippen molar-refractivity contribution in [3.05, 3.63) is 78.0 Å². The van der Waals surface area contributed by atoms with Crippen molar-refractivity contribution < 1.29 is 15.0 Å². The maximum atomic E-state index is 11.7. The number of aromatic nitrogens is 2. The molecule has 1 aliphatic rings. The molecule has 132 valence electrons. The van der Waals surface area contributed by atoms with Crippen molar-refractivity contribution in [3.63, 3.8) is 0 Å². The van der Waals surface area contributed by atoms with E-state index in [1.54, 1.807) is 12.1 Å². The molecule has 0 saturated carbocycles. The van der Waals surface area contributed by atoms with E-state index in [9.17, 15) is 15.0 Å². The van der Waals surface area contributed by atoms with Crippen LogP contribution >= 0.6 is 0 Å². The molecule has 3 N–H and O–H groups in total. The van der Waals surface area contributed by atoms with Gasteiger partial charge in [-0.05, 0) is 35.0 Å². The van der Waals surface area contributed by atoms with Crippen LogP contribution < -0.4 is 5.32 Å². The number of aliphatic carboxylic acids is 1. The summed E-state index contributed by atoms with van der Waals surface area (Å²) >= 11 is 0. The zero-order valence-corrected chi connectivity index (χ0v) is 14.1. The van der Waals surface area contributed by atoms with Gasteiger partial charge in [-0.15, -0.1) is 0 Å². The molecule has 2 heterocycles. The van der Waals surface area contributed by atoms with E-state index in [-0.39, 0.29) is 11.4 Å². The number of imidazole rings is 1. The SMILES string of the molecule is O=C(O)C1=CC(c2c(O)ccc3ccccc23)n2c(nc3ccccc32)N1. The Kier molecular flexibility index (Phi) is 3.21. The number of nitrogens with one attached hydrogen (secondary N) is 1. The van der Waals surface area contributed by atoms with E-state index in [0.717, 1.165) is 21.8 Å². The summed E-state index contributed by atoms with van der Waals surface area (Å²) < 4.78 is 1.92. The molecule has 0 bridgehead atoms. The molecule has 3 aromatic carbocycles. The Morgan fingerprint density at radius 3 is 2.67 bits per heavy atom. The zero-order valence-electron chi connectivity index (χ0n) is 14.1. The van der Waals surface area contributed by atoms with Gasteiger partial charge in [-0.25, -0.2) is 9.78 Å². The van der Waals surface area contributed by atoms with Gasteiger partial charge in [0.05, 0.1) is 17.1 Å². The van der Waals surface area contributed by atoms with Crippen molar-refractivity contribution in [1.29, 1.82) is 0 Å². The molecule has 1 aliphatic heterocycles. The number of hydrogen-bond acceptors (Lipinski definition) is 4. The van der Waals surface area contributed by atoms with Crippen molar-refractivity contribution in [2.75, 3.05) is 5.32 Å². The first-order valence-electron chi connectivity index (χ1n) is 8.53. The Labute approximate surface area is 154 Å². The second-order valence-corrected chi connectivity index (χ2v) is 6.47. The standard InChI is InChI=1S/C21H15N3O3/c25-18-10-9-12-5-1-2-6-13(12)19(18)17-11-15(20(26)27)23-21-22-14-7-3-4-8-16(14)24(17)21/h1-11,17,25H,(H,22,23)(H,26,27). The fourth-order valence-corrected chi connectivity index (χ4v) is 3.74. The fraction of sp³-hybridized carbons (Fsp3) is 0.0476. The van der Waals surface area contributed by atoms with Crippen LogP contribution in [0.3, 0.4) is 0 Å². The molecule has 5 rings (SSSR count). The summed E-state index contributed by atoms with van der Waals surface area (Å²) in [5.74, 6) is -0.517. The summed E-state index contributed by atoms with van der Waals surface area (Å²) in [6.45, 7) is 0. The van der Waals surface area contributed by atoms with Gasteiger partial charge in [-0.1, -0.05) is 42.5 Å². The molecular weight excluding hydrogens is 342 g/mol. The molecule has 0 spiro atoms. The summed E-state index contributed by atoms with van der Waals surface area (Å²) in [7, 11) is 0. The quantitative estimate of drug-likeness (QED) is 0.507. The summed E-state index contributed by atoms with van der Waals surface area (Å²) in [6, 6.07) is 18.3. The van der Waals surface area contributed by atoms with Crippen LogP contribution in [0.25, 0.3) is 21.8 Å². The van der Waals surface area contributed by atoms with Gasteiger partial charge in [0.25, 0.3) is 0 Å². The molecule has 27 heavy (non-hydrogen) atoms. The minimum Gasteiger partial charge on any atom is -0.508 e. The van der Waals surface area contributed by atoms with Gasteiger partial charge in [0.1, 0.15) is 11.4 Å². The van der Waals surface area contributed by atoms with Gasteiger partial charge in [0.2, 0.25) is 5.95 Å². The van der Waals surface area contributed by atoms with E-state index in [1.807, 2.05) is 59.2 Å². The molecule has 6 heteroatoms.